The van der Waals surface area contributed by atoms with Gasteiger partial charge in [-0.1, -0.05) is 19.1 Å². The van der Waals surface area contributed by atoms with E-state index in [9.17, 15) is 9.59 Å². The Kier molecular flexibility index (Phi) is 6.69. The number of amides is 1. The second-order valence-corrected chi connectivity index (χ2v) is 5.59. The summed E-state index contributed by atoms with van der Waals surface area (Å²) in [6.07, 6.45) is 0.681. The highest BCUT2D eigenvalue weighted by Gasteiger charge is 2.21. The van der Waals surface area contributed by atoms with Crippen molar-refractivity contribution in [1.29, 1.82) is 0 Å². The highest BCUT2D eigenvalue weighted by molar-refractivity contribution is 5.95. The van der Waals surface area contributed by atoms with Gasteiger partial charge >= 0.3 is 0 Å². The summed E-state index contributed by atoms with van der Waals surface area (Å²) in [6, 6.07) is 8.38. The quantitative estimate of drug-likeness (QED) is 0.761. The van der Waals surface area contributed by atoms with E-state index in [0.717, 1.165) is 11.3 Å². The summed E-state index contributed by atoms with van der Waals surface area (Å²) in [5.74, 6) is 0.352. The molecule has 0 radical (unpaired) electrons. The maximum Gasteiger partial charge on any atom is 0.251 e. The fraction of sp³-hybridized carbons (Fsp3) is 0.353. The molecule has 1 aliphatic rings. The number of ether oxygens (including phenoxy) is 1. The molecule has 8 heteroatoms. The van der Waals surface area contributed by atoms with Crippen LogP contribution in [0.3, 0.4) is 0 Å². The van der Waals surface area contributed by atoms with Crippen molar-refractivity contribution in [2.75, 3.05) is 25.1 Å². The van der Waals surface area contributed by atoms with E-state index in [1.165, 1.54) is 6.07 Å². The number of nitrogens with zero attached hydrogens (tertiary/aromatic N) is 1. The average molecular weight is 365 g/mol. The van der Waals surface area contributed by atoms with Crippen LogP contribution in [0.15, 0.2) is 35.1 Å². The van der Waals surface area contributed by atoms with Crippen LogP contribution in [0.4, 0.5) is 5.69 Å². The molecule has 1 fully saturated rings. The summed E-state index contributed by atoms with van der Waals surface area (Å²) >= 11 is 0. The van der Waals surface area contributed by atoms with E-state index in [0.29, 0.717) is 37.7 Å². The van der Waals surface area contributed by atoms with Crippen LogP contribution < -0.4 is 16.2 Å². The molecule has 3 N–H and O–H groups in total. The average Bonchev–Trinajstić information content (AvgIpc) is 2.62. The van der Waals surface area contributed by atoms with Crippen LogP contribution in [-0.2, 0) is 16.0 Å². The summed E-state index contributed by atoms with van der Waals surface area (Å²) < 4.78 is 5.30. The highest BCUT2D eigenvalue weighted by Crippen LogP contribution is 2.19. The van der Waals surface area contributed by atoms with Gasteiger partial charge in [0.2, 0.25) is 5.91 Å². The lowest BCUT2D eigenvalue weighted by Gasteiger charge is -2.23. The maximum absolute atomic E-state index is 12.2. The normalized spacial score (nSPS) is 16.8. The number of carbonyl (C=O) groups is 1. The fourth-order valence-corrected chi connectivity index (χ4v) is 2.53. The number of halogens is 1. The van der Waals surface area contributed by atoms with Crippen LogP contribution in [-0.4, -0.2) is 41.7 Å². The lowest BCUT2D eigenvalue weighted by Crippen LogP contribution is -2.48. The van der Waals surface area contributed by atoms with Crippen molar-refractivity contribution >= 4 is 24.0 Å². The number of carbonyl (C=O) groups excluding carboxylic acids is 1. The topological polar surface area (TPSA) is 96.1 Å². The first-order valence-corrected chi connectivity index (χ1v) is 7.98. The summed E-state index contributed by atoms with van der Waals surface area (Å²) in [4.78, 5) is 31.1. The lowest BCUT2D eigenvalue weighted by atomic mass is 10.1. The van der Waals surface area contributed by atoms with Crippen molar-refractivity contribution in [3.8, 4) is 11.4 Å². The van der Waals surface area contributed by atoms with Gasteiger partial charge in [-0.15, -0.1) is 12.4 Å². The fourth-order valence-electron chi connectivity index (χ4n) is 2.53. The third kappa shape index (κ3) is 4.88. The van der Waals surface area contributed by atoms with Gasteiger partial charge in [-0.3, -0.25) is 9.59 Å². The van der Waals surface area contributed by atoms with Crippen LogP contribution in [0, 0.1) is 0 Å². The number of aryl methyl sites for hydroxylation is 1. The summed E-state index contributed by atoms with van der Waals surface area (Å²) in [5, 5.41) is 5.97. The second kappa shape index (κ2) is 8.75. The van der Waals surface area contributed by atoms with Crippen molar-refractivity contribution in [3.05, 3.63) is 46.4 Å². The molecular weight excluding hydrogens is 344 g/mol. The molecule has 1 aromatic heterocycles. The van der Waals surface area contributed by atoms with Gasteiger partial charge in [0.25, 0.3) is 5.56 Å². The Hall–Kier alpha value is -2.22. The number of hydrogen-bond acceptors (Lipinski definition) is 5. The van der Waals surface area contributed by atoms with Gasteiger partial charge in [0, 0.05) is 29.6 Å². The molecular formula is C17H21ClN4O3. The first-order chi connectivity index (χ1) is 11.7. The lowest BCUT2D eigenvalue weighted by molar-refractivity contribution is -0.120. The Morgan fingerprint density at radius 3 is 2.96 bits per heavy atom. The van der Waals surface area contributed by atoms with E-state index >= 15 is 0 Å². The molecule has 1 unspecified atom stereocenters. The number of H-pyrrole nitrogens is 1. The van der Waals surface area contributed by atoms with E-state index in [4.69, 9.17) is 4.74 Å². The van der Waals surface area contributed by atoms with E-state index in [1.54, 1.807) is 12.1 Å². The first-order valence-electron chi connectivity index (χ1n) is 7.98. The molecule has 0 spiro atoms. The third-order valence-corrected chi connectivity index (χ3v) is 3.80. The molecule has 3 rings (SSSR count). The molecule has 1 amide bonds. The van der Waals surface area contributed by atoms with E-state index < -0.39 is 0 Å². The minimum Gasteiger partial charge on any atom is -0.378 e. The monoisotopic (exact) mass is 364 g/mol. The summed E-state index contributed by atoms with van der Waals surface area (Å²) in [6.45, 7) is 3.58. The van der Waals surface area contributed by atoms with E-state index in [-0.39, 0.29) is 29.9 Å². The number of aromatic nitrogens is 2. The molecule has 134 valence electrons. The minimum absolute atomic E-state index is 0. The molecule has 0 bridgehead atoms. The molecule has 1 aromatic carbocycles. The Morgan fingerprint density at radius 2 is 2.24 bits per heavy atom. The molecule has 1 aliphatic heterocycles. The number of aromatic amines is 1. The zero-order valence-corrected chi connectivity index (χ0v) is 14.7. The molecule has 2 aromatic rings. The van der Waals surface area contributed by atoms with Crippen molar-refractivity contribution in [2.24, 2.45) is 0 Å². The second-order valence-electron chi connectivity index (χ2n) is 5.59. The van der Waals surface area contributed by atoms with Gasteiger partial charge in [0.05, 0.1) is 13.2 Å². The number of rotatable bonds is 4. The van der Waals surface area contributed by atoms with Crippen LogP contribution in [0.5, 0.6) is 0 Å². The number of hydrogen-bond donors (Lipinski definition) is 3. The molecule has 1 atom stereocenters. The maximum atomic E-state index is 12.2. The van der Waals surface area contributed by atoms with Gasteiger partial charge in [-0.25, -0.2) is 4.98 Å². The van der Waals surface area contributed by atoms with E-state index in [2.05, 4.69) is 20.6 Å². The van der Waals surface area contributed by atoms with Gasteiger partial charge < -0.3 is 20.4 Å². The SMILES string of the molecule is CCc1cc(=O)[nH]c(-c2cccc(NC(=O)C3COCCN3)c2)n1.Cl. The minimum atomic E-state index is -0.358. The van der Waals surface area contributed by atoms with Crippen LogP contribution in [0.25, 0.3) is 11.4 Å². The summed E-state index contributed by atoms with van der Waals surface area (Å²) in [7, 11) is 0. The van der Waals surface area contributed by atoms with Crippen molar-refractivity contribution in [3.63, 3.8) is 0 Å². The molecule has 0 aliphatic carbocycles. The zero-order chi connectivity index (χ0) is 16.9. The molecule has 25 heavy (non-hydrogen) atoms. The Morgan fingerprint density at radius 1 is 1.40 bits per heavy atom. The van der Waals surface area contributed by atoms with E-state index in [1.807, 2.05) is 19.1 Å². The molecule has 0 saturated carbocycles. The molecule has 7 nitrogen and oxygen atoms in total. The van der Waals surface area contributed by atoms with Gasteiger partial charge in [-0.05, 0) is 18.6 Å². The molecule has 1 saturated heterocycles. The largest absolute Gasteiger partial charge is 0.378 e. The predicted molar refractivity (Wildman–Crippen MR) is 98.2 cm³/mol. The number of anilines is 1. The standard InChI is InChI=1S/C17H20N4O3.ClH/c1-2-12-9-15(22)21-16(19-12)11-4-3-5-13(8-11)20-17(23)14-10-24-7-6-18-14;/h3-5,8-9,14,18H,2,6-7,10H2,1H3,(H,20,23)(H,19,21,22);1H. The number of nitrogens with one attached hydrogen (secondary N) is 3. The first kappa shape index (κ1) is 19.1. The molecule has 2 heterocycles. The Balaban J connectivity index is 0.00000225. The highest BCUT2D eigenvalue weighted by atomic mass is 35.5. The zero-order valence-electron chi connectivity index (χ0n) is 13.9. The van der Waals surface area contributed by atoms with Gasteiger partial charge in [0.15, 0.2) is 0 Å². The number of benzene rings is 1. The van der Waals surface area contributed by atoms with Crippen LogP contribution in [0.1, 0.15) is 12.6 Å². The Labute approximate surface area is 151 Å². The Bertz CT molecular complexity index is 787. The van der Waals surface area contributed by atoms with Crippen LogP contribution >= 0.6 is 12.4 Å². The number of morpholine rings is 1. The van der Waals surface area contributed by atoms with Crippen molar-refractivity contribution in [1.82, 2.24) is 15.3 Å². The van der Waals surface area contributed by atoms with Crippen molar-refractivity contribution < 1.29 is 9.53 Å². The smallest absolute Gasteiger partial charge is 0.251 e. The summed E-state index contributed by atoms with van der Waals surface area (Å²) in [5.41, 5.74) is 1.93. The van der Waals surface area contributed by atoms with Crippen LogP contribution in [0.2, 0.25) is 0 Å². The van der Waals surface area contributed by atoms with Crippen molar-refractivity contribution in [2.45, 2.75) is 19.4 Å². The van der Waals surface area contributed by atoms with Gasteiger partial charge in [0.1, 0.15) is 11.9 Å². The third-order valence-electron chi connectivity index (χ3n) is 3.80. The van der Waals surface area contributed by atoms with Gasteiger partial charge in [-0.2, -0.15) is 0 Å². The predicted octanol–water partition coefficient (Wildman–Crippen LogP) is 1.35.